The molecule has 0 aromatic carbocycles. The highest BCUT2D eigenvalue weighted by atomic mass is 16.5. The van der Waals surface area contributed by atoms with Crippen molar-refractivity contribution in [2.75, 3.05) is 0 Å². The van der Waals surface area contributed by atoms with Gasteiger partial charge in [-0.2, -0.15) is 0 Å². The molecule has 3 fully saturated rings. The first-order valence-electron chi connectivity index (χ1n) is 5.36. The van der Waals surface area contributed by atoms with Crippen LogP contribution >= 0.6 is 0 Å². The Kier molecular flexibility index (Phi) is 1.56. The van der Waals surface area contributed by atoms with Crippen LogP contribution in [0.2, 0.25) is 0 Å². The molecule has 14 heavy (non-hydrogen) atoms. The molecular weight excluding hydrogens is 180 g/mol. The SMILES string of the molecule is CC(=O)O[C@H]1[C@@H]2C[C@@H]3[C@@H]1CC(=O)[C@@H]3C2. The van der Waals surface area contributed by atoms with Crippen LogP contribution in [0.1, 0.15) is 26.2 Å². The summed E-state index contributed by atoms with van der Waals surface area (Å²) in [6, 6.07) is 0. The molecule has 76 valence electrons. The van der Waals surface area contributed by atoms with Crippen LogP contribution in [0, 0.1) is 23.7 Å². The number of hydrogen-bond acceptors (Lipinski definition) is 3. The number of hydrogen-bond donors (Lipinski definition) is 0. The maximum absolute atomic E-state index is 11.6. The number of ether oxygens (including phenoxy) is 1. The molecule has 0 aromatic heterocycles. The van der Waals surface area contributed by atoms with E-state index in [4.69, 9.17) is 4.74 Å². The highest BCUT2D eigenvalue weighted by Crippen LogP contribution is 2.59. The predicted octanol–water partition coefficient (Wildman–Crippen LogP) is 1.16. The van der Waals surface area contributed by atoms with E-state index in [-0.39, 0.29) is 12.1 Å². The van der Waals surface area contributed by atoms with Crippen molar-refractivity contribution in [1.82, 2.24) is 0 Å². The van der Waals surface area contributed by atoms with E-state index in [1.54, 1.807) is 0 Å². The monoisotopic (exact) mass is 194 g/mol. The molecule has 3 aliphatic rings. The number of rotatable bonds is 1. The van der Waals surface area contributed by atoms with E-state index in [1.807, 2.05) is 0 Å². The highest BCUT2D eigenvalue weighted by molar-refractivity contribution is 5.85. The molecule has 3 rings (SSSR count). The molecule has 5 atom stereocenters. The third kappa shape index (κ3) is 0.928. The van der Waals surface area contributed by atoms with Gasteiger partial charge in [-0.25, -0.2) is 0 Å². The maximum Gasteiger partial charge on any atom is 0.302 e. The molecule has 0 heterocycles. The van der Waals surface area contributed by atoms with Crippen molar-refractivity contribution in [2.24, 2.45) is 23.7 Å². The molecule has 0 spiro atoms. The fourth-order valence-corrected chi connectivity index (χ4v) is 3.84. The van der Waals surface area contributed by atoms with E-state index >= 15 is 0 Å². The molecule has 0 aliphatic heterocycles. The third-order valence-corrected chi connectivity index (χ3v) is 4.24. The molecule has 0 unspecified atom stereocenters. The zero-order chi connectivity index (χ0) is 9.87. The highest BCUT2D eigenvalue weighted by Gasteiger charge is 2.60. The summed E-state index contributed by atoms with van der Waals surface area (Å²) in [5, 5.41) is 0. The van der Waals surface area contributed by atoms with Gasteiger partial charge in [0.25, 0.3) is 0 Å². The molecule has 3 saturated carbocycles. The second kappa shape index (κ2) is 2.59. The fourth-order valence-electron chi connectivity index (χ4n) is 3.84. The normalized spacial score (nSPS) is 48.6. The maximum atomic E-state index is 11.6. The predicted molar refractivity (Wildman–Crippen MR) is 48.4 cm³/mol. The van der Waals surface area contributed by atoms with Gasteiger partial charge in [0.15, 0.2) is 0 Å². The standard InChI is InChI=1S/C11H14O3/c1-5(12)14-11-6-2-7-8(3-6)10(13)4-9(7)11/h6-9,11H,2-4H2,1H3/t6-,7+,8-,9+,11+/m1/s1. The second-order valence-electron chi connectivity index (χ2n) is 4.91. The fraction of sp³-hybridized carbons (Fsp3) is 0.818. The van der Waals surface area contributed by atoms with Crippen molar-refractivity contribution >= 4 is 11.8 Å². The minimum atomic E-state index is -0.196. The number of carbonyl (C=O) groups excluding carboxylic acids is 2. The zero-order valence-electron chi connectivity index (χ0n) is 8.23. The van der Waals surface area contributed by atoms with Crippen LogP contribution in [0.15, 0.2) is 0 Å². The first kappa shape index (κ1) is 8.45. The summed E-state index contributed by atoms with van der Waals surface area (Å²) in [7, 11) is 0. The van der Waals surface area contributed by atoms with E-state index < -0.39 is 0 Å². The Bertz CT molecular complexity index is 310. The summed E-state index contributed by atoms with van der Waals surface area (Å²) in [5.41, 5.74) is 0. The molecule has 0 saturated heterocycles. The Balaban J connectivity index is 1.85. The lowest BCUT2D eigenvalue weighted by Gasteiger charge is -2.26. The van der Waals surface area contributed by atoms with E-state index in [2.05, 4.69) is 0 Å². The number of fused-ring (bicyclic) bond motifs is 1. The molecule has 0 N–H and O–H groups in total. The summed E-state index contributed by atoms with van der Waals surface area (Å²) >= 11 is 0. The van der Waals surface area contributed by atoms with Crippen molar-refractivity contribution in [3.63, 3.8) is 0 Å². The van der Waals surface area contributed by atoms with Gasteiger partial charge in [-0.15, -0.1) is 0 Å². The van der Waals surface area contributed by atoms with Crippen molar-refractivity contribution in [1.29, 1.82) is 0 Å². The number of Topliss-reactive ketones (excluding diaryl/α,β-unsaturated/α-hetero) is 1. The molecular formula is C11H14O3. The number of carbonyl (C=O) groups is 2. The van der Waals surface area contributed by atoms with E-state index in [0.717, 1.165) is 12.8 Å². The van der Waals surface area contributed by atoms with E-state index in [1.165, 1.54) is 6.92 Å². The van der Waals surface area contributed by atoms with Gasteiger partial charge in [-0.05, 0) is 24.7 Å². The van der Waals surface area contributed by atoms with E-state index in [0.29, 0.717) is 35.9 Å². The van der Waals surface area contributed by atoms with Gasteiger partial charge in [0.1, 0.15) is 11.9 Å². The Morgan fingerprint density at radius 3 is 2.86 bits per heavy atom. The lowest BCUT2D eigenvalue weighted by molar-refractivity contribution is -0.151. The van der Waals surface area contributed by atoms with Crippen molar-refractivity contribution < 1.29 is 14.3 Å². The first-order chi connectivity index (χ1) is 6.66. The molecule has 3 heteroatoms. The van der Waals surface area contributed by atoms with Gasteiger partial charge in [0, 0.05) is 25.2 Å². The van der Waals surface area contributed by atoms with Crippen molar-refractivity contribution in [3.05, 3.63) is 0 Å². The molecule has 2 bridgehead atoms. The second-order valence-corrected chi connectivity index (χ2v) is 4.91. The summed E-state index contributed by atoms with van der Waals surface area (Å²) in [6.07, 6.45) is 2.79. The van der Waals surface area contributed by atoms with Gasteiger partial charge in [-0.1, -0.05) is 0 Å². The Morgan fingerprint density at radius 2 is 2.14 bits per heavy atom. The average Bonchev–Trinajstić information content (AvgIpc) is 2.67. The van der Waals surface area contributed by atoms with Gasteiger partial charge in [0.2, 0.25) is 0 Å². The van der Waals surface area contributed by atoms with Crippen molar-refractivity contribution in [3.8, 4) is 0 Å². The van der Waals surface area contributed by atoms with Crippen LogP contribution in [0.25, 0.3) is 0 Å². The Morgan fingerprint density at radius 1 is 1.36 bits per heavy atom. The van der Waals surface area contributed by atoms with Gasteiger partial charge >= 0.3 is 5.97 Å². The third-order valence-electron chi connectivity index (χ3n) is 4.24. The molecule has 3 aliphatic carbocycles. The smallest absolute Gasteiger partial charge is 0.302 e. The van der Waals surface area contributed by atoms with Crippen LogP contribution in [-0.4, -0.2) is 17.9 Å². The number of esters is 1. The molecule has 0 amide bonds. The van der Waals surface area contributed by atoms with Crippen LogP contribution in [-0.2, 0) is 14.3 Å². The zero-order valence-corrected chi connectivity index (χ0v) is 8.23. The summed E-state index contributed by atoms with van der Waals surface area (Å²) < 4.78 is 5.33. The summed E-state index contributed by atoms with van der Waals surface area (Å²) in [5.74, 6) is 1.91. The summed E-state index contributed by atoms with van der Waals surface area (Å²) in [6.45, 7) is 1.46. The minimum Gasteiger partial charge on any atom is -0.462 e. The Labute approximate surface area is 82.8 Å². The molecule has 0 radical (unpaired) electrons. The van der Waals surface area contributed by atoms with Crippen molar-refractivity contribution in [2.45, 2.75) is 32.3 Å². The summed E-state index contributed by atoms with van der Waals surface area (Å²) in [4.78, 5) is 22.5. The van der Waals surface area contributed by atoms with Crippen LogP contribution in [0.4, 0.5) is 0 Å². The lowest BCUT2D eigenvalue weighted by Crippen LogP contribution is -2.30. The minimum absolute atomic E-state index is 0.0557. The van der Waals surface area contributed by atoms with Gasteiger partial charge in [0.05, 0.1) is 0 Å². The molecule has 0 aromatic rings. The van der Waals surface area contributed by atoms with E-state index in [9.17, 15) is 9.59 Å². The first-order valence-corrected chi connectivity index (χ1v) is 5.36. The molecule has 3 nitrogen and oxygen atoms in total. The number of ketones is 1. The van der Waals surface area contributed by atoms with Crippen LogP contribution in [0.3, 0.4) is 0 Å². The lowest BCUT2D eigenvalue weighted by atomic mass is 9.86. The van der Waals surface area contributed by atoms with Gasteiger partial charge in [-0.3, -0.25) is 9.59 Å². The quantitative estimate of drug-likeness (QED) is 0.588. The van der Waals surface area contributed by atoms with Crippen LogP contribution < -0.4 is 0 Å². The Hall–Kier alpha value is -0.860. The van der Waals surface area contributed by atoms with Gasteiger partial charge < -0.3 is 4.74 Å². The van der Waals surface area contributed by atoms with Crippen LogP contribution in [0.5, 0.6) is 0 Å². The topological polar surface area (TPSA) is 43.4 Å². The average molecular weight is 194 g/mol. The largest absolute Gasteiger partial charge is 0.462 e.